The maximum Gasteiger partial charge on any atom is 0.302 e. The van der Waals surface area contributed by atoms with Gasteiger partial charge in [0.2, 0.25) is 10.0 Å². The standard InChI is InChI=1S/C34H42FN5O9S/c1-7-38-18-21(2)40-29-28(31(47-6)30(40)34(38)43)33(42)39(36-32(29)37(4)50(44,45)16-8-15-48-22(3)41)19-24-11-12-25(35)17-27(24)49-20-23-9-13-26(46-5)14-10-23/h9-14,21,25H,7-8,15-20H2,1-6H3/t21-,25?/m0/s1. The van der Waals surface area contributed by atoms with Crippen molar-refractivity contribution in [3.8, 4) is 11.5 Å². The Morgan fingerprint density at radius 2 is 1.86 bits per heavy atom. The second kappa shape index (κ2) is 14.9. The number of ether oxygens (including phenoxy) is 4. The fraction of sp³-hybridized carbons (Fsp3) is 0.471. The molecular weight excluding hydrogens is 673 g/mol. The number of amides is 1. The van der Waals surface area contributed by atoms with Crippen LogP contribution in [-0.4, -0.2) is 92.4 Å². The summed E-state index contributed by atoms with van der Waals surface area (Å²) in [6, 6.07) is 6.84. The summed E-state index contributed by atoms with van der Waals surface area (Å²) >= 11 is 0. The minimum absolute atomic E-state index is 0.00558. The van der Waals surface area contributed by atoms with Crippen molar-refractivity contribution in [3.63, 3.8) is 0 Å². The largest absolute Gasteiger partial charge is 0.497 e. The summed E-state index contributed by atoms with van der Waals surface area (Å²) in [5.74, 6) is -0.414. The Balaban J connectivity index is 1.64. The monoisotopic (exact) mass is 715 g/mol. The molecule has 1 aliphatic carbocycles. The van der Waals surface area contributed by atoms with E-state index in [2.05, 4.69) is 5.10 Å². The molecule has 0 radical (unpaired) electrons. The van der Waals surface area contributed by atoms with Crippen LogP contribution in [0.1, 0.15) is 55.7 Å². The van der Waals surface area contributed by atoms with Gasteiger partial charge in [-0.2, -0.15) is 0 Å². The number of hydrogen-bond donors (Lipinski definition) is 0. The van der Waals surface area contributed by atoms with Crippen LogP contribution >= 0.6 is 0 Å². The average molecular weight is 716 g/mol. The zero-order valence-electron chi connectivity index (χ0n) is 29.0. The fourth-order valence-electron chi connectivity index (χ4n) is 6.15. The fourth-order valence-corrected chi connectivity index (χ4v) is 7.29. The van der Waals surface area contributed by atoms with Crippen LogP contribution in [-0.2, 0) is 37.4 Å². The third-order valence-electron chi connectivity index (χ3n) is 8.74. The molecule has 0 saturated heterocycles. The Kier molecular flexibility index (Phi) is 10.9. The van der Waals surface area contributed by atoms with E-state index in [4.69, 9.17) is 18.9 Å². The van der Waals surface area contributed by atoms with Gasteiger partial charge in [0.1, 0.15) is 35.2 Å². The van der Waals surface area contributed by atoms with E-state index in [0.29, 0.717) is 30.2 Å². The van der Waals surface area contributed by atoms with Crippen LogP contribution in [0.25, 0.3) is 10.9 Å². The van der Waals surface area contributed by atoms with E-state index in [1.54, 1.807) is 28.7 Å². The Bertz CT molecular complexity index is 2000. The number of esters is 1. The van der Waals surface area contributed by atoms with Crippen molar-refractivity contribution in [2.75, 3.05) is 51.0 Å². The number of aromatic nitrogens is 3. The molecule has 16 heteroatoms. The molecule has 0 bridgehead atoms. The number of methoxy groups -OCH3 is 2. The van der Waals surface area contributed by atoms with Crippen LogP contribution in [0.5, 0.6) is 11.5 Å². The van der Waals surface area contributed by atoms with Gasteiger partial charge in [0.15, 0.2) is 17.3 Å². The Hall–Kier alpha value is -4.86. The van der Waals surface area contributed by atoms with E-state index in [-0.39, 0.29) is 72.7 Å². The lowest BCUT2D eigenvalue weighted by atomic mass is 10.0. The zero-order valence-corrected chi connectivity index (χ0v) is 29.8. The van der Waals surface area contributed by atoms with E-state index in [1.165, 1.54) is 33.2 Å². The molecule has 3 aromatic rings. The highest BCUT2D eigenvalue weighted by Gasteiger charge is 2.39. The highest BCUT2D eigenvalue weighted by atomic mass is 32.2. The average Bonchev–Trinajstić information content (AvgIpc) is 3.46. The minimum Gasteiger partial charge on any atom is -0.497 e. The minimum atomic E-state index is -4.09. The van der Waals surface area contributed by atoms with Gasteiger partial charge in [-0.25, -0.2) is 17.5 Å². The normalized spacial score (nSPS) is 17.6. The number of nitrogens with zero attached hydrogens (tertiary/aromatic N) is 5. The predicted octanol–water partition coefficient (Wildman–Crippen LogP) is 3.74. The number of hydrogen-bond acceptors (Lipinski definition) is 10. The van der Waals surface area contributed by atoms with E-state index in [9.17, 15) is 27.2 Å². The van der Waals surface area contributed by atoms with E-state index >= 15 is 0 Å². The van der Waals surface area contributed by atoms with Crippen LogP contribution in [0, 0.1) is 0 Å². The lowest BCUT2D eigenvalue weighted by Gasteiger charge is -2.33. The van der Waals surface area contributed by atoms with Crippen LogP contribution in [0.15, 0.2) is 52.5 Å². The van der Waals surface area contributed by atoms with E-state index < -0.39 is 33.5 Å². The van der Waals surface area contributed by atoms with Gasteiger partial charge in [-0.05, 0) is 44.0 Å². The van der Waals surface area contributed by atoms with Gasteiger partial charge in [-0.15, -0.1) is 5.10 Å². The third-order valence-corrected chi connectivity index (χ3v) is 10.6. The van der Waals surface area contributed by atoms with Crippen LogP contribution < -0.4 is 19.3 Å². The molecule has 14 nitrogen and oxygen atoms in total. The van der Waals surface area contributed by atoms with Crippen molar-refractivity contribution in [1.29, 1.82) is 0 Å². The van der Waals surface area contributed by atoms with Gasteiger partial charge in [0.25, 0.3) is 11.5 Å². The first-order valence-electron chi connectivity index (χ1n) is 16.2. The van der Waals surface area contributed by atoms with Gasteiger partial charge in [-0.1, -0.05) is 18.2 Å². The highest BCUT2D eigenvalue weighted by Crippen LogP contribution is 2.41. The number of sulfonamides is 1. The van der Waals surface area contributed by atoms with Crippen LogP contribution in [0.4, 0.5) is 10.2 Å². The molecule has 1 aromatic carbocycles. The van der Waals surface area contributed by atoms with Crippen molar-refractivity contribution in [1.82, 2.24) is 19.2 Å². The van der Waals surface area contributed by atoms with Gasteiger partial charge in [0.05, 0.1) is 33.1 Å². The summed E-state index contributed by atoms with van der Waals surface area (Å²) in [6.07, 6.45) is 1.50. The first kappa shape index (κ1) is 36.4. The maximum absolute atomic E-state index is 14.6. The molecule has 0 N–H and O–H groups in total. The molecule has 270 valence electrons. The molecule has 0 saturated carbocycles. The molecule has 1 aliphatic heterocycles. The van der Waals surface area contributed by atoms with Crippen LogP contribution in [0.2, 0.25) is 0 Å². The summed E-state index contributed by atoms with van der Waals surface area (Å²) in [6.45, 7) is 5.48. The van der Waals surface area contributed by atoms with Gasteiger partial charge in [-0.3, -0.25) is 18.7 Å². The summed E-state index contributed by atoms with van der Waals surface area (Å²) < 4.78 is 67.6. The molecule has 2 aromatic heterocycles. The molecule has 0 spiro atoms. The number of rotatable bonds is 14. The molecule has 50 heavy (non-hydrogen) atoms. The van der Waals surface area contributed by atoms with Crippen molar-refractivity contribution in [2.24, 2.45) is 0 Å². The molecular formula is C34H42FN5O9S. The van der Waals surface area contributed by atoms with E-state index in [1.807, 2.05) is 26.0 Å². The zero-order chi connectivity index (χ0) is 36.3. The van der Waals surface area contributed by atoms with E-state index in [0.717, 1.165) is 14.6 Å². The Labute approximate surface area is 289 Å². The van der Waals surface area contributed by atoms with Crippen molar-refractivity contribution in [3.05, 3.63) is 69.4 Å². The number of allylic oxidation sites excluding steroid dienone is 4. The molecule has 3 heterocycles. The second-order valence-electron chi connectivity index (χ2n) is 12.1. The lowest BCUT2D eigenvalue weighted by Crippen LogP contribution is -2.42. The number of carbonyl (C=O) groups is 2. The number of halogens is 1. The summed E-state index contributed by atoms with van der Waals surface area (Å²) in [7, 11) is 0.128. The van der Waals surface area contributed by atoms with Crippen molar-refractivity contribution in [2.45, 2.75) is 59.0 Å². The number of benzene rings is 1. The number of anilines is 1. The first-order valence-corrected chi connectivity index (χ1v) is 17.8. The molecule has 0 fully saturated rings. The summed E-state index contributed by atoms with van der Waals surface area (Å²) in [5.41, 5.74) is 0.884. The predicted molar refractivity (Wildman–Crippen MR) is 184 cm³/mol. The summed E-state index contributed by atoms with van der Waals surface area (Å²) in [5, 5.41) is 4.58. The molecule has 1 amide bonds. The molecule has 5 rings (SSSR count). The molecule has 2 aliphatic rings. The van der Waals surface area contributed by atoms with Crippen LogP contribution in [0.3, 0.4) is 0 Å². The second-order valence-corrected chi connectivity index (χ2v) is 14.2. The SMILES string of the molecule is CCN1C[C@H](C)n2c(c(OC)c3c(=O)n(CC4=C(OCc5ccc(OC)cc5)CC(F)C=C4)nc(N(C)S(=O)(=O)CCCOC(C)=O)c32)C1=O. The number of alkyl halides is 1. The van der Waals surface area contributed by atoms with Gasteiger partial charge < -0.3 is 28.4 Å². The first-order chi connectivity index (χ1) is 23.8. The number of likely N-dealkylation sites (N-methyl/N-ethyl adjacent to an activating group) is 1. The summed E-state index contributed by atoms with van der Waals surface area (Å²) in [4.78, 5) is 40.9. The number of carbonyl (C=O) groups excluding carboxylic acids is 2. The number of fused-ring (bicyclic) bond motifs is 3. The third kappa shape index (κ3) is 7.20. The van der Waals surface area contributed by atoms with Crippen molar-refractivity contribution >= 4 is 38.6 Å². The molecule has 2 atom stereocenters. The van der Waals surface area contributed by atoms with Gasteiger partial charge in [0, 0.05) is 45.1 Å². The Morgan fingerprint density at radius 3 is 2.50 bits per heavy atom. The van der Waals surface area contributed by atoms with Gasteiger partial charge >= 0.3 is 5.97 Å². The quantitative estimate of drug-likeness (QED) is 0.178. The lowest BCUT2D eigenvalue weighted by molar-refractivity contribution is -0.140. The smallest absolute Gasteiger partial charge is 0.302 e. The highest BCUT2D eigenvalue weighted by molar-refractivity contribution is 7.92. The maximum atomic E-state index is 14.6. The van der Waals surface area contributed by atoms with Crippen molar-refractivity contribution < 1.29 is 41.3 Å². The Morgan fingerprint density at radius 1 is 1.14 bits per heavy atom. The molecule has 1 unspecified atom stereocenters. The topological polar surface area (TPSA) is 152 Å².